The van der Waals surface area contributed by atoms with Crippen molar-refractivity contribution in [2.75, 3.05) is 0 Å². The van der Waals surface area contributed by atoms with E-state index in [1.165, 1.54) is 32.1 Å². The Balaban J connectivity index is 1.60. The van der Waals surface area contributed by atoms with Crippen molar-refractivity contribution in [2.24, 2.45) is 0 Å². The minimum absolute atomic E-state index is 0.773. The number of benzene rings is 3. The molecule has 0 N–H and O–H groups in total. The first kappa shape index (κ1) is 24.1. The number of hydrogen-bond acceptors (Lipinski definition) is 4. The highest BCUT2D eigenvalue weighted by atomic mass is 79.9. The average molecular weight is 593 g/mol. The topological polar surface area (TPSA) is 56.5 Å². The van der Waals surface area contributed by atoms with E-state index >= 15 is 0 Å². The third-order valence-electron chi connectivity index (χ3n) is 6.19. The molecular formula is C28H27Br2N5. The van der Waals surface area contributed by atoms with Gasteiger partial charge in [-0.2, -0.15) is 15.0 Å². The Morgan fingerprint density at radius 1 is 0.600 bits per heavy atom. The molecule has 35 heavy (non-hydrogen) atoms. The van der Waals surface area contributed by atoms with E-state index in [9.17, 15) is 0 Å². The zero-order valence-corrected chi connectivity index (χ0v) is 22.9. The van der Waals surface area contributed by atoms with Crippen LogP contribution in [0.2, 0.25) is 0 Å². The third kappa shape index (κ3) is 5.02. The van der Waals surface area contributed by atoms with Crippen LogP contribution in [-0.2, 0) is 6.54 Å². The van der Waals surface area contributed by atoms with E-state index in [1.807, 2.05) is 41.2 Å². The molecule has 7 heteroatoms. The van der Waals surface area contributed by atoms with Crippen LogP contribution in [0.25, 0.3) is 44.6 Å². The summed E-state index contributed by atoms with van der Waals surface area (Å²) in [7, 11) is 0. The number of unbranched alkanes of at least 4 members (excludes halogenated alkanes) is 5. The van der Waals surface area contributed by atoms with Crippen LogP contribution in [0.15, 0.2) is 69.6 Å². The van der Waals surface area contributed by atoms with Crippen molar-refractivity contribution in [1.29, 1.82) is 0 Å². The van der Waals surface area contributed by atoms with Crippen LogP contribution >= 0.6 is 31.9 Å². The van der Waals surface area contributed by atoms with Gasteiger partial charge in [-0.05, 0) is 38.3 Å². The van der Waals surface area contributed by atoms with Crippen molar-refractivity contribution in [1.82, 2.24) is 25.0 Å². The average Bonchev–Trinajstić information content (AvgIpc) is 3.34. The lowest BCUT2D eigenvalue weighted by Gasteiger charge is -2.12. The Bertz CT molecular complexity index is 1350. The first-order valence-corrected chi connectivity index (χ1v) is 13.8. The Labute approximate surface area is 222 Å². The van der Waals surface area contributed by atoms with Crippen LogP contribution in [0, 0.1) is 0 Å². The van der Waals surface area contributed by atoms with Gasteiger partial charge in [0, 0.05) is 11.1 Å². The third-order valence-corrected chi connectivity index (χ3v) is 7.69. The summed E-state index contributed by atoms with van der Waals surface area (Å²) in [6.07, 6.45) is 7.43. The molecule has 5 aromatic rings. The molecule has 0 bridgehead atoms. The normalized spacial score (nSPS) is 11.5. The molecule has 0 radical (unpaired) electrons. The van der Waals surface area contributed by atoms with E-state index < -0.39 is 0 Å². The van der Waals surface area contributed by atoms with Gasteiger partial charge in [-0.15, -0.1) is 0 Å². The van der Waals surface area contributed by atoms with Gasteiger partial charge in [0.1, 0.15) is 22.1 Å². The molecule has 2 aromatic heterocycles. The van der Waals surface area contributed by atoms with Crippen LogP contribution in [0.3, 0.4) is 0 Å². The van der Waals surface area contributed by atoms with Crippen molar-refractivity contribution in [3.05, 3.63) is 69.6 Å². The molecular weight excluding hydrogens is 566 g/mol. The summed E-state index contributed by atoms with van der Waals surface area (Å²) in [5.41, 5.74) is 6.88. The Morgan fingerprint density at radius 3 is 1.54 bits per heavy atom. The van der Waals surface area contributed by atoms with Gasteiger partial charge in [0.05, 0.1) is 26.9 Å². The maximum absolute atomic E-state index is 5.13. The maximum Gasteiger partial charge on any atom is 0.130 e. The van der Waals surface area contributed by atoms with E-state index in [-0.39, 0.29) is 0 Å². The van der Waals surface area contributed by atoms with Crippen molar-refractivity contribution in [3.63, 3.8) is 0 Å². The smallest absolute Gasteiger partial charge is 0.130 e. The second-order valence-corrected chi connectivity index (χ2v) is 10.3. The number of nitrogens with zero attached hydrogens (tertiary/aromatic N) is 5. The SMILES string of the molecule is CCCCCCCCn1nc2c(Br)c3nc(-c4ccccc4)c(-c4ccccc4)nc3c(Br)c2n1. The van der Waals surface area contributed by atoms with Crippen LogP contribution in [-0.4, -0.2) is 25.0 Å². The van der Waals surface area contributed by atoms with Gasteiger partial charge < -0.3 is 0 Å². The molecule has 0 aliphatic carbocycles. The molecule has 0 amide bonds. The molecule has 0 aliphatic heterocycles. The molecule has 0 saturated carbocycles. The summed E-state index contributed by atoms with van der Waals surface area (Å²) < 4.78 is 1.65. The van der Waals surface area contributed by atoms with Crippen molar-refractivity contribution in [3.8, 4) is 22.5 Å². The molecule has 3 aromatic carbocycles. The Morgan fingerprint density at radius 2 is 1.06 bits per heavy atom. The minimum Gasteiger partial charge on any atom is -0.243 e. The second kappa shape index (κ2) is 11.0. The summed E-state index contributed by atoms with van der Waals surface area (Å²) >= 11 is 7.58. The van der Waals surface area contributed by atoms with Crippen molar-refractivity contribution >= 4 is 53.9 Å². The van der Waals surface area contributed by atoms with E-state index in [2.05, 4.69) is 63.0 Å². The Hall–Kier alpha value is -2.64. The predicted molar refractivity (Wildman–Crippen MR) is 150 cm³/mol. The molecule has 5 nitrogen and oxygen atoms in total. The first-order chi connectivity index (χ1) is 17.2. The molecule has 178 valence electrons. The lowest BCUT2D eigenvalue weighted by molar-refractivity contribution is 0.488. The maximum atomic E-state index is 5.13. The minimum atomic E-state index is 0.773. The monoisotopic (exact) mass is 591 g/mol. The molecule has 5 rings (SSSR count). The standard InChI is InChI=1S/C28H27Br2N5/c1-2-3-4-5-6-13-18-35-33-27-21(29)25-26(22(30)28(27)34-35)32-24(20-16-11-8-12-17-20)23(31-25)19-14-9-7-10-15-19/h7-12,14-17H,2-6,13,18H2,1H3. The van der Waals surface area contributed by atoms with Crippen molar-refractivity contribution < 1.29 is 0 Å². The van der Waals surface area contributed by atoms with Gasteiger partial charge in [0.15, 0.2) is 0 Å². The molecule has 0 unspecified atom stereocenters. The predicted octanol–water partition coefficient (Wildman–Crippen LogP) is 8.59. The molecule has 2 heterocycles. The quantitative estimate of drug-likeness (QED) is 0.161. The molecule has 0 saturated heterocycles. The largest absolute Gasteiger partial charge is 0.243 e. The van der Waals surface area contributed by atoms with Crippen LogP contribution in [0.1, 0.15) is 45.4 Å². The van der Waals surface area contributed by atoms with Crippen LogP contribution < -0.4 is 0 Å². The molecule has 0 spiro atoms. The number of fused-ring (bicyclic) bond motifs is 2. The van der Waals surface area contributed by atoms with Crippen molar-refractivity contribution in [2.45, 2.75) is 52.0 Å². The van der Waals surface area contributed by atoms with Gasteiger partial charge in [0.2, 0.25) is 0 Å². The summed E-state index contributed by atoms with van der Waals surface area (Å²) in [6.45, 7) is 3.05. The van der Waals surface area contributed by atoms with E-state index in [4.69, 9.17) is 20.2 Å². The first-order valence-electron chi connectivity index (χ1n) is 12.2. The van der Waals surface area contributed by atoms with Gasteiger partial charge in [-0.1, -0.05) is 99.7 Å². The number of hydrogen-bond donors (Lipinski definition) is 0. The number of aryl methyl sites for hydroxylation is 1. The molecule has 0 fully saturated rings. The lowest BCUT2D eigenvalue weighted by atomic mass is 10.0. The lowest BCUT2D eigenvalue weighted by Crippen LogP contribution is -2.02. The van der Waals surface area contributed by atoms with Gasteiger partial charge in [0.25, 0.3) is 0 Å². The summed E-state index contributed by atoms with van der Waals surface area (Å²) in [6, 6.07) is 20.4. The zero-order valence-electron chi connectivity index (χ0n) is 19.7. The number of halogens is 2. The second-order valence-electron chi connectivity index (χ2n) is 8.74. The van der Waals surface area contributed by atoms with E-state index in [1.54, 1.807) is 0 Å². The zero-order chi connectivity index (χ0) is 24.2. The fourth-order valence-electron chi connectivity index (χ4n) is 4.34. The highest BCUT2D eigenvalue weighted by Gasteiger charge is 2.21. The van der Waals surface area contributed by atoms with Crippen LogP contribution in [0.5, 0.6) is 0 Å². The van der Waals surface area contributed by atoms with E-state index in [0.717, 1.165) is 66.5 Å². The van der Waals surface area contributed by atoms with Gasteiger partial charge in [-0.3, -0.25) is 0 Å². The fourth-order valence-corrected chi connectivity index (χ4v) is 5.42. The fraction of sp³-hybridized carbons (Fsp3) is 0.286. The molecule has 0 atom stereocenters. The molecule has 0 aliphatic rings. The highest BCUT2D eigenvalue weighted by Crippen LogP contribution is 2.39. The number of rotatable bonds is 9. The summed E-state index contributed by atoms with van der Waals surface area (Å²) in [5, 5.41) is 9.60. The summed E-state index contributed by atoms with van der Waals surface area (Å²) in [4.78, 5) is 12.1. The van der Waals surface area contributed by atoms with Gasteiger partial charge in [-0.25, -0.2) is 9.97 Å². The van der Waals surface area contributed by atoms with E-state index in [0.29, 0.717) is 0 Å². The highest BCUT2D eigenvalue weighted by molar-refractivity contribution is 9.11. The number of aromatic nitrogens is 5. The Kier molecular flexibility index (Phi) is 7.54. The van der Waals surface area contributed by atoms with Gasteiger partial charge >= 0.3 is 0 Å². The van der Waals surface area contributed by atoms with Crippen LogP contribution in [0.4, 0.5) is 0 Å². The summed E-state index contributed by atoms with van der Waals surface area (Å²) in [5.74, 6) is 0.